The molecule has 0 amide bonds. The van der Waals surface area contributed by atoms with Crippen LogP contribution in [0.25, 0.3) is 11.1 Å². The van der Waals surface area contributed by atoms with E-state index >= 15 is 0 Å². The molecule has 0 radical (unpaired) electrons. The van der Waals surface area contributed by atoms with Crippen molar-refractivity contribution in [3.05, 3.63) is 34.3 Å². The molecule has 0 aliphatic carbocycles. The summed E-state index contributed by atoms with van der Waals surface area (Å²) in [5.41, 5.74) is 0.165. The molecule has 0 unspecified atom stereocenters. The predicted octanol–water partition coefficient (Wildman–Crippen LogP) is 1.40. The van der Waals surface area contributed by atoms with E-state index in [1.807, 2.05) is 0 Å². The SMILES string of the molecule is O=c1[nH]c2cc(F)c(F)cc2o1. The number of nitrogens with one attached hydrogen (secondary N) is 1. The summed E-state index contributed by atoms with van der Waals surface area (Å²) in [7, 11) is 0. The quantitative estimate of drug-likeness (QED) is 0.651. The highest BCUT2D eigenvalue weighted by Crippen LogP contribution is 2.14. The van der Waals surface area contributed by atoms with E-state index in [2.05, 4.69) is 9.40 Å². The Hall–Kier alpha value is -1.65. The predicted molar refractivity (Wildman–Crippen MR) is 36.8 cm³/mol. The van der Waals surface area contributed by atoms with Gasteiger partial charge in [0.2, 0.25) is 0 Å². The van der Waals surface area contributed by atoms with Gasteiger partial charge in [0, 0.05) is 12.1 Å². The smallest absolute Gasteiger partial charge is 0.408 e. The Kier molecular flexibility index (Phi) is 1.27. The van der Waals surface area contributed by atoms with Crippen LogP contribution in [0.3, 0.4) is 0 Å². The summed E-state index contributed by atoms with van der Waals surface area (Å²) in [5, 5.41) is 0. The van der Waals surface area contributed by atoms with Crippen LogP contribution in [0.15, 0.2) is 21.3 Å². The second kappa shape index (κ2) is 2.17. The maximum Gasteiger partial charge on any atom is 0.417 e. The number of hydrogen-bond donors (Lipinski definition) is 1. The molecule has 2 rings (SSSR count). The molecule has 2 aromatic rings. The molecule has 1 aromatic heterocycles. The Balaban J connectivity index is 2.92. The molecular formula is C7H3F2NO2. The standard InChI is InChI=1S/C7H3F2NO2/c8-3-1-5-6(2-4(3)9)12-7(11)10-5/h1-2H,(H,10,11). The highest BCUT2D eigenvalue weighted by Gasteiger charge is 2.07. The first-order chi connectivity index (χ1) is 5.66. The Bertz CT molecular complexity index is 444. The van der Waals surface area contributed by atoms with E-state index in [4.69, 9.17) is 0 Å². The molecule has 3 nitrogen and oxygen atoms in total. The number of benzene rings is 1. The lowest BCUT2D eigenvalue weighted by Crippen LogP contribution is -1.92. The normalized spacial score (nSPS) is 10.8. The minimum Gasteiger partial charge on any atom is -0.408 e. The molecule has 0 bridgehead atoms. The summed E-state index contributed by atoms with van der Waals surface area (Å²) >= 11 is 0. The van der Waals surface area contributed by atoms with Crippen molar-refractivity contribution in [1.82, 2.24) is 4.98 Å². The molecule has 0 aliphatic heterocycles. The maximum absolute atomic E-state index is 12.5. The average molecular weight is 171 g/mol. The lowest BCUT2D eigenvalue weighted by Gasteiger charge is -1.89. The fourth-order valence-electron chi connectivity index (χ4n) is 0.946. The van der Waals surface area contributed by atoms with Crippen LogP contribution in [0.2, 0.25) is 0 Å². The summed E-state index contributed by atoms with van der Waals surface area (Å²) in [6, 6.07) is 1.69. The van der Waals surface area contributed by atoms with Gasteiger partial charge in [0.25, 0.3) is 0 Å². The Morgan fingerprint density at radius 1 is 1.25 bits per heavy atom. The van der Waals surface area contributed by atoms with E-state index in [0.29, 0.717) is 0 Å². The van der Waals surface area contributed by atoms with Crippen LogP contribution < -0.4 is 5.76 Å². The summed E-state index contributed by atoms with van der Waals surface area (Å²) in [5.74, 6) is -2.78. The number of aromatic amines is 1. The molecule has 62 valence electrons. The summed E-state index contributed by atoms with van der Waals surface area (Å²) < 4.78 is 29.5. The molecule has 1 aromatic carbocycles. The first-order valence-corrected chi connectivity index (χ1v) is 3.15. The highest BCUT2D eigenvalue weighted by atomic mass is 19.2. The van der Waals surface area contributed by atoms with Crippen LogP contribution in [0.1, 0.15) is 0 Å². The summed E-state index contributed by atoms with van der Waals surface area (Å²) in [6.07, 6.45) is 0. The molecular weight excluding hydrogens is 168 g/mol. The van der Waals surface area contributed by atoms with Crippen LogP contribution in [0.4, 0.5) is 8.78 Å². The van der Waals surface area contributed by atoms with Gasteiger partial charge in [-0.15, -0.1) is 0 Å². The van der Waals surface area contributed by atoms with Crippen molar-refractivity contribution in [3.8, 4) is 0 Å². The van der Waals surface area contributed by atoms with E-state index in [1.54, 1.807) is 0 Å². The highest BCUT2D eigenvalue weighted by molar-refractivity contribution is 5.71. The van der Waals surface area contributed by atoms with Gasteiger partial charge in [0.1, 0.15) is 0 Å². The topological polar surface area (TPSA) is 46.0 Å². The first-order valence-electron chi connectivity index (χ1n) is 3.15. The minimum absolute atomic E-state index is 0.0129. The zero-order chi connectivity index (χ0) is 8.72. The second-order valence-corrected chi connectivity index (χ2v) is 2.28. The fraction of sp³-hybridized carbons (Fsp3) is 0. The van der Waals surface area contributed by atoms with Gasteiger partial charge in [-0.05, 0) is 0 Å². The second-order valence-electron chi connectivity index (χ2n) is 2.28. The third-order valence-corrected chi connectivity index (χ3v) is 1.46. The van der Waals surface area contributed by atoms with Gasteiger partial charge >= 0.3 is 5.76 Å². The lowest BCUT2D eigenvalue weighted by molar-refractivity contribution is 0.505. The molecule has 1 heterocycles. The van der Waals surface area contributed by atoms with Gasteiger partial charge < -0.3 is 4.42 Å². The number of hydrogen-bond acceptors (Lipinski definition) is 2. The Labute approximate surface area is 64.6 Å². The molecule has 0 saturated carbocycles. The van der Waals surface area contributed by atoms with Crippen molar-refractivity contribution in [3.63, 3.8) is 0 Å². The van der Waals surface area contributed by atoms with Crippen LogP contribution >= 0.6 is 0 Å². The number of rotatable bonds is 0. The van der Waals surface area contributed by atoms with Gasteiger partial charge in [-0.2, -0.15) is 0 Å². The Morgan fingerprint density at radius 3 is 2.67 bits per heavy atom. The van der Waals surface area contributed by atoms with Crippen molar-refractivity contribution in [1.29, 1.82) is 0 Å². The van der Waals surface area contributed by atoms with Crippen molar-refractivity contribution in [2.45, 2.75) is 0 Å². The Morgan fingerprint density at radius 2 is 1.92 bits per heavy atom. The van der Waals surface area contributed by atoms with Gasteiger partial charge in [0.05, 0.1) is 5.52 Å². The zero-order valence-corrected chi connectivity index (χ0v) is 5.73. The number of oxazole rings is 1. The molecule has 0 fully saturated rings. The van der Waals surface area contributed by atoms with E-state index < -0.39 is 17.4 Å². The summed E-state index contributed by atoms with van der Waals surface area (Å²) in [4.78, 5) is 12.7. The first kappa shape index (κ1) is 7.02. The number of H-pyrrole nitrogens is 1. The van der Waals surface area contributed by atoms with Crippen molar-refractivity contribution in [2.24, 2.45) is 0 Å². The number of aromatic nitrogens is 1. The van der Waals surface area contributed by atoms with Gasteiger partial charge in [-0.25, -0.2) is 13.6 Å². The third-order valence-electron chi connectivity index (χ3n) is 1.46. The monoisotopic (exact) mass is 171 g/mol. The number of halogens is 2. The lowest BCUT2D eigenvalue weighted by atomic mass is 10.3. The van der Waals surface area contributed by atoms with Gasteiger partial charge in [0.15, 0.2) is 17.2 Å². The van der Waals surface area contributed by atoms with Crippen LogP contribution in [0.5, 0.6) is 0 Å². The molecule has 0 spiro atoms. The number of fused-ring (bicyclic) bond motifs is 1. The molecule has 1 N–H and O–H groups in total. The van der Waals surface area contributed by atoms with Crippen LogP contribution in [-0.4, -0.2) is 4.98 Å². The van der Waals surface area contributed by atoms with E-state index in [9.17, 15) is 13.6 Å². The van der Waals surface area contributed by atoms with Gasteiger partial charge in [-0.3, -0.25) is 4.98 Å². The van der Waals surface area contributed by atoms with Crippen LogP contribution in [0, 0.1) is 11.6 Å². The van der Waals surface area contributed by atoms with E-state index in [-0.39, 0.29) is 11.1 Å². The van der Waals surface area contributed by atoms with Crippen molar-refractivity contribution >= 4 is 11.1 Å². The maximum atomic E-state index is 12.5. The van der Waals surface area contributed by atoms with E-state index in [0.717, 1.165) is 12.1 Å². The van der Waals surface area contributed by atoms with Crippen LogP contribution in [-0.2, 0) is 0 Å². The molecule has 0 aliphatic rings. The van der Waals surface area contributed by atoms with Gasteiger partial charge in [-0.1, -0.05) is 0 Å². The fourth-order valence-corrected chi connectivity index (χ4v) is 0.946. The molecule has 12 heavy (non-hydrogen) atoms. The largest absolute Gasteiger partial charge is 0.417 e. The van der Waals surface area contributed by atoms with Crippen molar-refractivity contribution < 1.29 is 13.2 Å². The summed E-state index contributed by atoms with van der Waals surface area (Å²) in [6.45, 7) is 0. The van der Waals surface area contributed by atoms with E-state index in [1.165, 1.54) is 0 Å². The zero-order valence-electron chi connectivity index (χ0n) is 5.73. The molecule has 0 atom stereocenters. The average Bonchev–Trinajstić information content (AvgIpc) is 2.30. The molecule has 5 heteroatoms. The molecule has 0 saturated heterocycles. The third kappa shape index (κ3) is 0.903. The minimum atomic E-state index is -1.04. The van der Waals surface area contributed by atoms with Crippen molar-refractivity contribution in [2.75, 3.05) is 0 Å².